The minimum atomic E-state index is 0.158. The smallest absolute Gasteiger partial charge is 0.231 e. The molecule has 2 heterocycles. The van der Waals surface area contributed by atoms with Gasteiger partial charge in [-0.05, 0) is 56.1 Å². The summed E-state index contributed by atoms with van der Waals surface area (Å²) in [6.07, 6.45) is 6.08. The van der Waals surface area contributed by atoms with Crippen LogP contribution in [-0.2, 0) is 17.8 Å². The van der Waals surface area contributed by atoms with Crippen molar-refractivity contribution < 1.29 is 9.53 Å². The summed E-state index contributed by atoms with van der Waals surface area (Å²) < 4.78 is 5.24. The number of methoxy groups -OCH3 is 1. The summed E-state index contributed by atoms with van der Waals surface area (Å²) >= 11 is 0. The van der Waals surface area contributed by atoms with Crippen LogP contribution in [0.15, 0.2) is 60.3 Å². The molecule has 2 aliphatic heterocycles. The Morgan fingerprint density at radius 2 is 1.76 bits per heavy atom. The van der Waals surface area contributed by atoms with Crippen molar-refractivity contribution in [1.82, 2.24) is 9.80 Å². The third-order valence-electron chi connectivity index (χ3n) is 6.35. The summed E-state index contributed by atoms with van der Waals surface area (Å²) in [5, 5.41) is 0. The second-order valence-corrected chi connectivity index (χ2v) is 8.32. The van der Waals surface area contributed by atoms with Gasteiger partial charge in [0.15, 0.2) is 0 Å². The molecule has 29 heavy (non-hydrogen) atoms. The third kappa shape index (κ3) is 4.38. The van der Waals surface area contributed by atoms with E-state index in [1.165, 1.54) is 29.7 Å². The molecule has 4 nitrogen and oxygen atoms in total. The Bertz CT molecular complexity index is 886. The van der Waals surface area contributed by atoms with Gasteiger partial charge in [0, 0.05) is 24.2 Å². The van der Waals surface area contributed by atoms with Gasteiger partial charge in [0.1, 0.15) is 5.75 Å². The number of benzene rings is 2. The van der Waals surface area contributed by atoms with E-state index in [-0.39, 0.29) is 5.91 Å². The standard InChI is InChI=1S/C25H30N2O2/c1-18-4-6-20(7-5-18)17-27(23-15-21-10-11-22(16-23)26(21)2)25(28)14-19-8-12-24(29-3)13-9-19/h4-9,12-13,15,21-22H,10-11,14,16-17H2,1-3H3. The zero-order chi connectivity index (χ0) is 20.4. The maximum Gasteiger partial charge on any atom is 0.231 e. The Hall–Kier alpha value is -2.59. The first-order chi connectivity index (χ1) is 14.0. The Morgan fingerprint density at radius 1 is 1.07 bits per heavy atom. The molecule has 1 saturated heterocycles. The predicted octanol–water partition coefficient (Wildman–Crippen LogP) is 4.33. The molecule has 2 aromatic carbocycles. The number of fused-ring (bicyclic) bond motifs is 2. The maximum atomic E-state index is 13.4. The molecule has 4 rings (SSSR count). The first kappa shape index (κ1) is 19.7. The minimum Gasteiger partial charge on any atom is -0.497 e. The van der Waals surface area contributed by atoms with Crippen LogP contribution in [0.4, 0.5) is 0 Å². The lowest BCUT2D eigenvalue weighted by Gasteiger charge is -2.35. The Labute approximate surface area is 173 Å². The molecule has 0 spiro atoms. The van der Waals surface area contributed by atoms with E-state index in [1.807, 2.05) is 29.2 Å². The number of likely N-dealkylation sites (N-methyl/N-ethyl adjacent to an activating group) is 1. The highest BCUT2D eigenvalue weighted by Gasteiger charge is 2.36. The van der Waals surface area contributed by atoms with Crippen molar-refractivity contribution in [3.63, 3.8) is 0 Å². The van der Waals surface area contributed by atoms with Gasteiger partial charge < -0.3 is 9.64 Å². The normalized spacial score (nSPS) is 21.0. The molecule has 0 saturated carbocycles. The van der Waals surface area contributed by atoms with E-state index >= 15 is 0 Å². The largest absolute Gasteiger partial charge is 0.497 e. The molecule has 2 aliphatic rings. The quantitative estimate of drug-likeness (QED) is 0.736. The topological polar surface area (TPSA) is 32.8 Å². The van der Waals surface area contributed by atoms with Crippen molar-refractivity contribution in [2.24, 2.45) is 0 Å². The number of amides is 1. The fourth-order valence-corrected chi connectivity index (χ4v) is 4.46. The molecule has 1 amide bonds. The molecule has 0 aromatic heterocycles. The molecule has 0 radical (unpaired) electrons. The molecule has 4 heteroatoms. The number of aryl methyl sites for hydroxylation is 1. The molecule has 2 aromatic rings. The van der Waals surface area contributed by atoms with Gasteiger partial charge in [0.05, 0.1) is 20.1 Å². The van der Waals surface area contributed by atoms with Crippen LogP contribution < -0.4 is 4.74 Å². The van der Waals surface area contributed by atoms with Crippen molar-refractivity contribution in [2.45, 2.75) is 51.2 Å². The summed E-state index contributed by atoms with van der Waals surface area (Å²) in [5.74, 6) is 0.971. The zero-order valence-corrected chi connectivity index (χ0v) is 17.6. The van der Waals surface area contributed by atoms with Crippen molar-refractivity contribution >= 4 is 5.91 Å². The van der Waals surface area contributed by atoms with Crippen LogP contribution in [0.3, 0.4) is 0 Å². The monoisotopic (exact) mass is 390 g/mol. The average molecular weight is 391 g/mol. The summed E-state index contributed by atoms with van der Waals surface area (Å²) in [6, 6.07) is 17.3. The van der Waals surface area contributed by atoms with E-state index in [0.717, 1.165) is 17.7 Å². The van der Waals surface area contributed by atoms with Gasteiger partial charge in [-0.2, -0.15) is 0 Å². The van der Waals surface area contributed by atoms with Gasteiger partial charge in [-0.3, -0.25) is 9.69 Å². The lowest BCUT2D eigenvalue weighted by Crippen LogP contribution is -2.41. The number of carbonyl (C=O) groups is 1. The number of hydrogen-bond donors (Lipinski definition) is 0. The van der Waals surface area contributed by atoms with E-state index in [2.05, 4.69) is 49.2 Å². The molecule has 2 unspecified atom stereocenters. The van der Waals surface area contributed by atoms with E-state index < -0.39 is 0 Å². The van der Waals surface area contributed by atoms with Crippen LogP contribution in [0.5, 0.6) is 5.75 Å². The van der Waals surface area contributed by atoms with Crippen LogP contribution in [0.25, 0.3) is 0 Å². The van der Waals surface area contributed by atoms with Crippen LogP contribution >= 0.6 is 0 Å². The van der Waals surface area contributed by atoms with Gasteiger partial charge in [0.2, 0.25) is 5.91 Å². The number of rotatable bonds is 6. The fraction of sp³-hybridized carbons (Fsp3) is 0.400. The van der Waals surface area contributed by atoms with Crippen LogP contribution in [0, 0.1) is 6.92 Å². The highest BCUT2D eigenvalue weighted by atomic mass is 16.5. The lowest BCUT2D eigenvalue weighted by atomic mass is 10.0. The molecule has 1 fully saturated rings. The summed E-state index contributed by atoms with van der Waals surface area (Å²) in [5.41, 5.74) is 4.61. The van der Waals surface area contributed by atoms with E-state index in [1.54, 1.807) is 7.11 Å². The summed E-state index contributed by atoms with van der Waals surface area (Å²) in [7, 11) is 3.86. The van der Waals surface area contributed by atoms with Crippen LogP contribution in [-0.4, -0.2) is 41.9 Å². The maximum absolute atomic E-state index is 13.4. The third-order valence-corrected chi connectivity index (χ3v) is 6.35. The molecule has 2 bridgehead atoms. The molecule has 2 atom stereocenters. The zero-order valence-electron chi connectivity index (χ0n) is 17.6. The fourth-order valence-electron chi connectivity index (χ4n) is 4.46. The van der Waals surface area contributed by atoms with Crippen LogP contribution in [0.2, 0.25) is 0 Å². The van der Waals surface area contributed by atoms with Gasteiger partial charge in [0.25, 0.3) is 0 Å². The van der Waals surface area contributed by atoms with Crippen LogP contribution in [0.1, 0.15) is 36.0 Å². The number of nitrogens with zero attached hydrogens (tertiary/aromatic N) is 2. The Balaban J connectivity index is 1.57. The molecule has 0 N–H and O–H groups in total. The van der Waals surface area contributed by atoms with Gasteiger partial charge in [-0.15, -0.1) is 0 Å². The van der Waals surface area contributed by atoms with Crippen molar-refractivity contribution in [3.05, 3.63) is 77.0 Å². The average Bonchev–Trinajstić information content (AvgIpc) is 2.93. The van der Waals surface area contributed by atoms with Crippen molar-refractivity contribution in [1.29, 1.82) is 0 Å². The highest BCUT2D eigenvalue weighted by Crippen LogP contribution is 2.35. The second-order valence-electron chi connectivity index (χ2n) is 8.32. The summed E-state index contributed by atoms with van der Waals surface area (Å²) in [4.78, 5) is 17.9. The minimum absolute atomic E-state index is 0.158. The van der Waals surface area contributed by atoms with E-state index in [9.17, 15) is 4.79 Å². The Kier molecular flexibility index (Phi) is 5.72. The number of hydrogen-bond acceptors (Lipinski definition) is 3. The number of ether oxygens (including phenoxy) is 1. The second kappa shape index (κ2) is 8.42. The predicted molar refractivity (Wildman–Crippen MR) is 116 cm³/mol. The summed E-state index contributed by atoms with van der Waals surface area (Å²) in [6.45, 7) is 2.72. The first-order valence-corrected chi connectivity index (χ1v) is 10.4. The molecular weight excluding hydrogens is 360 g/mol. The Morgan fingerprint density at radius 3 is 2.41 bits per heavy atom. The van der Waals surface area contributed by atoms with Gasteiger partial charge in [-0.25, -0.2) is 0 Å². The van der Waals surface area contributed by atoms with E-state index in [4.69, 9.17) is 4.74 Å². The van der Waals surface area contributed by atoms with Gasteiger partial charge in [-0.1, -0.05) is 42.0 Å². The molecule has 0 aliphatic carbocycles. The SMILES string of the molecule is COc1ccc(CC(=O)N(Cc2ccc(C)cc2)C2=CC3CCC(C2)N3C)cc1. The lowest BCUT2D eigenvalue weighted by molar-refractivity contribution is -0.129. The van der Waals surface area contributed by atoms with Crippen molar-refractivity contribution in [3.8, 4) is 5.75 Å². The van der Waals surface area contributed by atoms with E-state index in [0.29, 0.717) is 25.0 Å². The van der Waals surface area contributed by atoms with Crippen molar-refractivity contribution in [2.75, 3.05) is 14.2 Å². The highest BCUT2D eigenvalue weighted by molar-refractivity contribution is 5.80. The first-order valence-electron chi connectivity index (χ1n) is 10.4. The van der Waals surface area contributed by atoms with Gasteiger partial charge >= 0.3 is 0 Å². The molecular formula is C25H30N2O2. The molecule has 152 valence electrons. The number of carbonyl (C=O) groups excluding carboxylic acids is 1.